The molecular formula is C15H14Cl2N2OS. The van der Waals surface area contributed by atoms with E-state index < -0.39 is 0 Å². The van der Waals surface area contributed by atoms with Gasteiger partial charge in [0.1, 0.15) is 0 Å². The highest BCUT2D eigenvalue weighted by atomic mass is 35.5. The van der Waals surface area contributed by atoms with Crippen molar-refractivity contribution in [2.75, 3.05) is 16.8 Å². The SMILES string of the molecule is Cc1cc(Cl)ccc1NC(=O)CSc1ccc(Cl)cc1N. The van der Waals surface area contributed by atoms with Gasteiger partial charge in [-0.3, -0.25) is 4.79 Å². The number of nitrogens with two attached hydrogens (primary N) is 1. The molecule has 0 saturated carbocycles. The molecule has 2 aromatic carbocycles. The lowest BCUT2D eigenvalue weighted by Gasteiger charge is -2.09. The van der Waals surface area contributed by atoms with E-state index in [9.17, 15) is 4.79 Å². The van der Waals surface area contributed by atoms with Gasteiger partial charge in [0.05, 0.1) is 5.75 Å². The van der Waals surface area contributed by atoms with E-state index in [-0.39, 0.29) is 11.7 Å². The minimum absolute atomic E-state index is 0.0974. The summed E-state index contributed by atoms with van der Waals surface area (Å²) in [7, 11) is 0. The number of thioether (sulfide) groups is 1. The molecule has 0 spiro atoms. The Morgan fingerprint density at radius 3 is 2.52 bits per heavy atom. The summed E-state index contributed by atoms with van der Waals surface area (Å²) in [5, 5.41) is 4.08. The van der Waals surface area contributed by atoms with Crippen molar-refractivity contribution in [3.05, 3.63) is 52.0 Å². The first-order valence-corrected chi connectivity index (χ1v) is 7.93. The normalized spacial score (nSPS) is 10.4. The molecule has 0 fully saturated rings. The fourth-order valence-electron chi connectivity index (χ4n) is 1.75. The lowest BCUT2D eigenvalue weighted by Crippen LogP contribution is -2.14. The zero-order valence-corrected chi connectivity index (χ0v) is 13.6. The molecule has 1 amide bonds. The van der Waals surface area contributed by atoms with E-state index in [1.807, 2.05) is 19.1 Å². The quantitative estimate of drug-likeness (QED) is 0.630. The van der Waals surface area contributed by atoms with Gasteiger partial charge in [-0.1, -0.05) is 23.2 Å². The van der Waals surface area contributed by atoms with Crippen LogP contribution in [0.3, 0.4) is 0 Å². The van der Waals surface area contributed by atoms with Crippen LogP contribution >= 0.6 is 35.0 Å². The molecule has 6 heteroatoms. The van der Waals surface area contributed by atoms with Gasteiger partial charge in [-0.15, -0.1) is 11.8 Å². The van der Waals surface area contributed by atoms with Gasteiger partial charge in [-0.2, -0.15) is 0 Å². The molecular weight excluding hydrogens is 327 g/mol. The number of aryl methyl sites for hydroxylation is 1. The lowest BCUT2D eigenvalue weighted by molar-refractivity contribution is -0.113. The van der Waals surface area contributed by atoms with Crippen molar-refractivity contribution >= 4 is 52.2 Å². The topological polar surface area (TPSA) is 55.1 Å². The average Bonchev–Trinajstić information content (AvgIpc) is 2.41. The molecule has 0 aliphatic rings. The minimum atomic E-state index is -0.0974. The van der Waals surface area contributed by atoms with Crippen molar-refractivity contribution in [3.63, 3.8) is 0 Å². The first-order valence-electron chi connectivity index (χ1n) is 6.19. The molecule has 3 nitrogen and oxygen atoms in total. The van der Waals surface area contributed by atoms with Gasteiger partial charge in [0.2, 0.25) is 5.91 Å². The van der Waals surface area contributed by atoms with Gasteiger partial charge >= 0.3 is 0 Å². The minimum Gasteiger partial charge on any atom is -0.398 e. The van der Waals surface area contributed by atoms with Gasteiger partial charge in [-0.25, -0.2) is 0 Å². The summed E-state index contributed by atoms with van der Waals surface area (Å²) in [4.78, 5) is 12.8. The lowest BCUT2D eigenvalue weighted by atomic mass is 10.2. The van der Waals surface area contributed by atoms with Gasteiger partial charge in [0.25, 0.3) is 0 Å². The molecule has 21 heavy (non-hydrogen) atoms. The molecule has 3 N–H and O–H groups in total. The maximum absolute atomic E-state index is 12.0. The smallest absolute Gasteiger partial charge is 0.234 e. The van der Waals surface area contributed by atoms with Gasteiger partial charge in [0.15, 0.2) is 0 Å². The third-order valence-electron chi connectivity index (χ3n) is 2.79. The van der Waals surface area contributed by atoms with Crippen LogP contribution in [0.1, 0.15) is 5.56 Å². The third-order valence-corrected chi connectivity index (χ3v) is 4.35. The summed E-state index contributed by atoms with van der Waals surface area (Å²) in [5.41, 5.74) is 8.10. The van der Waals surface area contributed by atoms with Crippen molar-refractivity contribution in [2.45, 2.75) is 11.8 Å². The average molecular weight is 341 g/mol. The van der Waals surface area contributed by atoms with Crippen molar-refractivity contribution in [3.8, 4) is 0 Å². The van der Waals surface area contributed by atoms with Crippen molar-refractivity contribution in [2.24, 2.45) is 0 Å². The number of hydrogen-bond donors (Lipinski definition) is 2. The molecule has 0 heterocycles. The van der Waals surface area contributed by atoms with Gasteiger partial charge in [-0.05, 0) is 48.9 Å². The first kappa shape index (κ1) is 16.0. The van der Waals surface area contributed by atoms with Crippen LogP contribution in [0.25, 0.3) is 0 Å². The second kappa shape index (κ2) is 7.07. The van der Waals surface area contributed by atoms with E-state index in [2.05, 4.69) is 5.32 Å². The van der Waals surface area contributed by atoms with Gasteiger partial charge < -0.3 is 11.1 Å². The summed E-state index contributed by atoms with van der Waals surface area (Å²) in [6, 6.07) is 10.6. The Kier molecular flexibility index (Phi) is 5.39. The predicted molar refractivity (Wildman–Crippen MR) is 91.4 cm³/mol. The number of nitrogens with one attached hydrogen (secondary N) is 1. The summed E-state index contributed by atoms with van der Waals surface area (Å²) in [6.07, 6.45) is 0. The van der Waals surface area contributed by atoms with Crippen LogP contribution in [0, 0.1) is 6.92 Å². The Bertz CT molecular complexity index is 677. The van der Waals surface area contributed by atoms with E-state index in [4.69, 9.17) is 28.9 Å². The van der Waals surface area contributed by atoms with E-state index in [1.165, 1.54) is 11.8 Å². The van der Waals surface area contributed by atoms with Crippen molar-refractivity contribution in [1.29, 1.82) is 0 Å². The molecule has 110 valence electrons. The van der Waals surface area contributed by atoms with Crippen LogP contribution in [0.4, 0.5) is 11.4 Å². The van der Waals surface area contributed by atoms with Crippen molar-refractivity contribution in [1.82, 2.24) is 0 Å². The van der Waals surface area contributed by atoms with Crippen LogP contribution in [0.15, 0.2) is 41.3 Å². The Balaban J connectivity index is 1.96. The van der Waals surface area contributed by atoms with Crippen LogP contribution in [0.2, 0.25) is 10.0 Å². The molecule has 0 aromatic heterocycles. The highest BCUT2D eigenvalue weighted by Crippen LogP contribution is 2.28. The molecule has 2 aromatic rings. The summed E-state index contributed by atoms with van der Waals surface area (Å²) < 4.78 is 0. The number of benzene rings is 2. The number of carbonyl (C=O) groups is 1. The Morgan fingerprint density at radius 2 is 1.86 bits per heavy atom. The number of carbonyl (C=O) groups excluding carboxylic acids is 1. The number of halogens is 2. The summed E-state index contributed by atoms with van der Waals surface area (Å²) in [5.74, 6) is 0.174. The zero-order chi connectivity index (χ0) is 15.4. The summed E-state index contributed by atoms with van der Waals surface area (Å²) in [6.45, 7) is 1.89. The third kappa shape index (κ3) is 4.56. The largest absolute Gasteiger partial charge is 0.398 e. The first-order chi connectivity index (χ1) is 9.95. The Labute approximate surface area is 137 Å². The summed E-state index contributed by atoms with van der Waals surface area (Å²) >= 11 is 13.1. The molecule has 2 rings (SSSR count). The fourth-order valence-corrected chi connectivity index (χ4v) is 2.90. The van der Waals surface area contributed by atoms with E-state index in [0.29, 0.717) is 15.7 Å². The highest BCUT2D eigenvalue weighted by molar-refractivity contribution is 8.00. The number of hydrogen-bond acceptors (Lipinski definition) is 3. The molecule has 0 atom stereocenters. The second-order valence-corrected chi connectivity index (χ2v) is 6.37. The number of anilines is 2. The van der Waals surface area contributed by atoms with E-state index in [0.717, 1.165) is 16.1 Å². The Morgan fingerprint density at radius 1 is 1.19 bits per heavy atom. The molecule has 0 bridgehead atoms. The fraction of sp³-hybridized carbons (Fsp3) is 0.133. The number of amides is 1. The number of rotatable bonds is 4. The van der Waals surface area contributed by atoms with Crippen LogP contribution in [0.5, 0.6) is 0 Å². The maximum Gasteiger partial charge on any atom is 0.234 e. The van der Waals surface area contributed by atoms with Crippen molar-refractivity contribution < 1.29 is 4.79 Å². The predicted octanol–water partition coefficient (Wildman–Crippen LogP) is 4.61. The van der Waals surface area contributed by atoms with E-state index >= 15 is 0 Å². The molecule has 0 radical (unpaired) electrons. The van der Waals surface area contributed by atoms with E-state index in [1.54, 1.807) is 24.3 Å². The monoisotopic (exact) mass is 340 g/mol. The molecule has 0 aliphatic heterocycles. The second-order valence-electron chi connectivity index (χ2n) is 4.48. The standard InChI is InChI=1S/C15H14Cl2N2OS/c1-9-6-10(16)2-4-13(9)19-15(20)8-21-14-5-3-11(17)7-12(14)18/h2-7H,8,18H2,1H3,(H,19,20). The molecule has 0 aliphatic carbocycles. The van der Waals surface area contributed by atoms with Crippen LogP contribution in [-0.2, 0) is 4.79 Å². The Hall–Kier alpha value is -1.36. The van der Waals surface area contributed by atoms with Gasteiger partial charge in [0, 0.05) is 26.3 Å². The molecule has 0 unspecified atom stereocenters. The highest BCUT2D eigenvalue weighted by Gasteiger charge is 2.08. The molecule has 0 saturated heterocycles. The number of nitrogen functional groups attached to an aromatic ring is 1. The van der Waals surface area contributed by atoms with Crippen LogP contribution in [-0.4, -0.2) is 11.7 Å². The maximum atomic E-state index is 12.0. The van der Waals surface area contributed by atoms with Crippen LogP contribution < -0.4 is 11.1 Å². The zero-order valence-electron chi connectivity index (χ0n) is 11.3.